The summed E-state index contributed by atoms with van der Waals surface area (Å²) >= 11 is 0. The van der Waals surface area contributed by atoms with Crippen LogP contribution in [0.25, 0.3) is 0 Å². The molecule has 0 saturated carbocycles. The Morgan fingerprint density at radius 2 is 1.56 bits per heavy atom. The van der Waals surface area contributed by atoms with E-state index in [-0.39, 0.29) is 0 Å². The van der Waals surface area contributed by atoms with Gasteiger partial charge < -0.3 is 37.6 Å². The molecule has 12 heteroatoms. The highest BCUT2D eigenvalue weighted by Gasteiger charge is 2.27. The Morgan fingerprint density at radius 3 is 2.00 bits per heavy atom. The van der Waals surface area contributed by atoms with Gasteiger partial charge in [-0.15, -0.1) is 0 Å². The molecule has 0 aromatic rings. The standard InChI is InChI=1S/C13H23N5O7/c1-5(17-13(25)10(15)6(2)19)11(23)18-7(3-8(14)20)12(24)16-4-9(21)22/h5-7,10,19H,3-4,15H2,1-2H3,(H2,14,20)(H,16,24)(H,17,25)(H,18,23)(H,21,22). The number of nitrogens with two attached hydrogens (primary N) is 2. The van der Waals surface area contributed by atoms with E-state index in [9.17, 15) is 29.1 Å². The number of hydrogen-bond acceptors (Lipinski definition) is 7. The van der Waals surface area contributed by atoms with Gasteiger partial charge in [-0.05, 0) is 13.8 Å². The summed E-state index contributed by atoms with van der Waals surface area (Å²) in [6.45, 7) is 1.88. The molecule has 0 fully saturated rings. The van der Waals surface area contributed by atoms with Crippen LogP contribution >= 0.6 is 0 Å². The van der Waals surface area contributed by atoms with Gasteiger partial charge in [0.15, 0.2) is 0 Å². The summed E-state index contributed by atoms with van der Waals surface area (Å²) in [7, 11) is 0. The molecule has 0 spiro atoms. The quantitative estimate of drug-likeness (QED) is 0.202. The van der Waals surface area contributed by atoms with Crippen molar-refractivity contribution in [2.24, 2.45) is 11.5 Å². The first-order valence-electron chi connectivity index (χ1n) is 7.27. The lowest BCUT2D eigenvalue weighted by Crippen LogP contribution is -2.57. The molecule has 0 heterocycles. The molecule has 4 unspecified atom stereocenters. The van der Waals surface area contributed by atoms with Crippen LogP contribution in [0.3, 0.4) is 0 Å². The largest absolute Gasteiger partial charge is 0.480 e. The predicted molar refractivity (Wildman–Crippen MR) is 83.6 cm³/mol. The van der Waals surface area contributed by atoms with Crippen molar-refractivity contribution in [2.75, 3.05) is 6.54 Å². The molecule has 0 aliphatic rings. The van der Waals surface area contributed by atoms with Gasteiger partial charge in [0, 0.05) is 0 Å². The molecule has 0 saturated heterocycles. The van der Waals surface area contributed by atoms with Crippen LogP contribution in [0.2, 0.25) is 0 Å². The van der Waals surface area contributed by atoms with Gasteiger partial charge >= 0.3 is 5.97 Å². The summed E-state index contributed by atoms with van der Waals surface area (Å²) < 4.78 is 0. The van der Waals surface area contributed by atoms with Crippen LogP contribution in [0.5, 0.6) is 0 Å². The van der Waals surface area contributed by atoms with Gasteiger partial charge in [0.25, 0.3) is 0 Å². The monoisotopic (exact) mass is 361 g/mol. The number of carboxylic acid groups (broad SMARTS) is 1. The van der Waals surface area contributed by atoms with Crippen LogP contribution in [-0.2, 0) is 24.0 Å². The van der Waals surface area contributed by atoms with E-state index >= 15 is 0 Å². The maximum atomic E-state index is 12.0. The minimum Gasteiger partial charge on any atom is -0.480 e. The molecule has 9 N–H and O–H groups in total. The summed E-state index contributed by atoms with van der Waals surface area (Å²) in [6, 6.07) is -3.80. The Hall–Kier alpha value is -2.73. The minimum absolute atomic E-state index is 0.564. The SMILES string of the molecule is CC(NC(=O)C(N)C(C)O)C(=O)NC(CC(N)=O)C(=O)NCC(=O)O. The Bertz CT molecular complexity index is 537. The van der Waals surface area contributed by atoms with Gasteiger partial charge in [0.05, 0.1) is 12.5 Å². The number of nitrogens with one attached hydrogen (secondary N) is 3. The van der Waals surface area contributed by atoms with E-state index < -0.39 is 66.8 Å². The summed E-state index contributed by atoms with van der Waals surface area (Å²) in [6.07, 6.45) is -1.70. The molecule has 142 valence electrons. The smallest absolute Gasteiger partial charge is 0.322 e. The predicted octanol–water partition coefficient (Wildman–Crippen LogP) is -4.24. The molecule has 0 bridgehead atoms. The summed E-state index contributed by atoms with van der Waals surface area (Å²) in [4.78, 5) is 57.0. The highest BCUT2D eigenvalue weighted by molar-refractivity contribution is 5.95. The van der Waals surface area contributed by atoms with Crippen LogP contribution in [0.1, 0.15) is 20.3 Å². The molecule has 0 aliphatic heterocycles. The van der Waals surface area contributed by atoms with Gasteiger partial charge in [-0.2, -0.15) is 0 Å². The maximum Gasteiger partial charge on any atom is 0.322 e. The second kappa shape index (κ2) is 10.2. The highest BCUT2D eigenvalue weighted by Crippen LogP contribution is 1.96. The molecular weight excluding hydrogens is 338 g/mol. The number of carbonyl (C=O) groups excluding carboxylic acids is 4. The first kappa shape index (κ1) is 22.3. The molecule has 25 heavy (non-hydrogen) atoms. The van der Waals surface area contributed by atoms with Crippen LogP contribution in [0, 0.1) is 0 Å². The van der Waals surface area contributed by atoms with E-state index in [1.807, 2.05) is 5.32 Å². The van der Waals surface area contributed by atoms with E-state index in [0.717, 1.165) is 0 Å². The zero-order chi connectivity index (χ0) is 19.7. The van der Waals surface area contributed by atoms with Crippen molar-refractivity contribution < 1.29 is 34.2 Å². The number of primary amides is 1. The molecule has 0 aliphatic carbocycles. The molecule has 4 amide bonds. The Balaban J connectivity index is 4.83. The van der Waals surface area contributed by atoms with Crippen molar-refractivity contribution in [3.05, 3.63) is 0 Å². The van der Waals surface area contributed by atoms with Crippen molar-refractivity contribution in [1.82, 2.24) is 16.0 Å². The summed E-state index contributed by atoms with van der Waals surface area (Å²) in [5, 5.41) is 24.2. The molecule has 0 aromatic heterocycles. The number of aliphatic carboxylic acids is 1. The third-order valence-electron chi connectivity index (χ3n) is 3.03. The average Bonchev–Trinajstić information content (AvgIpc) is 2.50. The highest BCUT2D eigenvalue weighted by atomic mass is 16.4. The Labute approximate surface area is 143 Å². The first-order valence-corrected chi connectivity index (χ1v) is 7.27. The van der Waals surface area contributed by atoms with E-state index in [1.165, 1.54) is 13.8 Å². The topological polar surface area (TPSA) is 214 Å². The number of aliphatic hydroxyl groups excluding tert-OH is 1. The molecule has 4 atom stereocenters. The van der Waals surface area contributed by atoms with E-state index in [0.29, 0.717) is 0 Å². The third-order valence-corrected chi connectivity index (χ3v) is 3.03. The maximum absolute atomic E-state index is 12.0. The fraction of sp³-hybridized carbons (Fsp3) is 0.615. The summed E-state index contributed by atoms with van der Waals surface area (Å²) in [5.41, 5.74) is 10.4. The molecular formula is C13H23N5O7. The van der Waals surface area contributed by atoms with Gasteiger partial charge in [-0.25, -0.2) is 0 Å². The summed E-state index contributed by atoms with van der Waals surface area (Å²) in [5.74, 6) is -4.76. The van der Waals surface area contributed by atoms with Crippen molar-refractivity contribution in [3.8, 4) is 0 Å². The lowest BCUT2D eigenvalue weighted by Gasteiger charge is -2.21. The number of rotatable bonds is 10. The van der Waals surface area contributed by atoms with Gasteiger partial charge in [0.1, 0.15) is 24.7 Å². The Kier molecular flexibility index (Phi) is 9.09. The van der Waals surface area contributed by atoms with E-state index in [2.05, 4.69) is 10.6 Å². The van der Waals surface area contributed by atoms with Gasteiger partial charge in [-0.1, -0.05) is 0 Å². The van der Waals surface area contributed by atoms with Gasteiger partial charge in [0.2, 0.25) is 23.6 Å². The molecule has 0 radical (unpaired) electrons. The number of carboxylic acids is 1. The second-order valence-corrected chi connectivity index (χ2v) is 5.34. The zero-order valence-corrected chi connectivity index (χ0v) is 13.8. The van der Waals surface area contributed by atoms with E-state index in [4.69, 9.17) is 16.6 Å². The van der Waals surface area contributed by atoms with Crippen LogP contribution in [0.15, 0.2) is 0 Å². The third kappa shape index (κ3) is 8.62. The lowest BCUT2D eigenvalue weighted by molar-refractivity contribution is -0.138. The van der Waals surface area contributed by atoms with Crippen molar-refractivity contribution in [1.29, 1.82) is 0 Å². The van der Waals surface area contributed by atoms with Crippen LogP contribution in [-0.4, -0.2) is 70.6 Å². The minimum atomic E-state index is -1.41. The normalized spacial score (nSPS) is 15.2. The molecule has 0 rings (SSSR count). The second-order valence-electron chi connectivity index (χ2n) is 5.34. The van der Waals surface area contributed by atoms with Crippen molar-refractivity contribution >= 4 is 29.6 Å². The van der Waals surface area contributed by atoms with Crippen molar-refractivity contribution in [2.45, 2.75) is 44.5 Å². The fourth-order valence-corrected chi connectivity index (χ4v) is 1.59. The number of carbonyl (C=O) groups is 5. The number of aliphatic hydroxyl groups is 1. The number of amides is 4. The molecule has 0 aromatic carbocycles. The van der Waals surface area contributed by atoms with Crippen LogP contribution < -0.4 is 27.4 Å². The number of hydrogen-bond donors (Lipinski definition) is 7. The van der Waals surface area contributed by atoms with E-state index in [1.54, 1.807) is 0 Å². The fourth-order valence-electron chi connectivity index (χ4n) is 1.59. The first-order chi connectivity index (χ1) is 11.5. The van der Waals surface area contributed by atoms with Crippen molar-refractivity contribution in [3.63, 3.8) is 0 Å². The van der Waals surface area contributed by atoms with Crippen LogP contribution in [0.4, 0.5) is 0 Å². The zero-order valence-electron chi connectivity index (χ0n) is 13.8. The van der Waals surface area contributed by atoms with Gasteiger partial charge in [-0.3, -0.25) is 24.0 Å². The lowest BCUT2D eigenvalue weighted by atomic mass is 10.1. The average molecular weight is 361 g/mol. The Morgan fingerprint density at radius 1 is 1.00 bits per heavy atom. The molecule has 12 nitrogen and oxygen atoms in total.